The third-order valence-corrected chi connectivity index (χ3v) is 6.09. The molecule has 1 saturated carbocycles. The fourth-order valence-electron chi connectivity index (χ4n) is 4.47. The van der Waals surface area contributed by atoms with Gasteiger partial charge in [-0.1, -0.05) is 44.9 Å². The molecule has 0 saturated heterocycles. The number of rotatable bonds is 9. The molecule has 0 radical (unpaired) electrons. The molecule has 1 fully saturated rings. The first-order valence-corrected chi connectivity index (χ1v) is 11.2. The molecule has 0 atom stereocenters. The standard InChI is InChI=1S/C21H38N6.HI/c1-22-21(23-15-7-6-12-18-10-4-5-11-18)24-16-9-14-20-26-25-19-13-3-2-8-17-27(19)20;/h18H,2-17H2,1H3,(H2,22,23,24);1H. The Kier molecular flexibility index (Phi) is 11.2. The average Bonchev–Trinajstić information content (AvgIpc) is 3.27. The van der Waals surface area contributed by atoms with Crippen LogP contribution in [0.5, 0.6) is 0 Å². The van der Waals surface area contributed by atoms with Crippen molar-refractivity contribution in [2.45, 2.75) is 90.0 Å². The second-order valence-corrected chi connectivity index (χ2v) is 8.17. The van der Waals surface area contributed by atoms with Gasteiger partial charge in [0, 0.05) is 39.5 Å². The van der Waals surface area contributed by atoms with E-state index in [0.29, 0.717) is 0 Å². The molecule has 0 amide bonds. The van der Waals surface area contributed by atoms with Crippen LogP contribution in [-0.4, -0.2) is 40.9 Å². The van der Waals surface area contributed by atoms with Crippen LogP contribution in [0.25, 0.3) is 0 Å². The summed E-state index contributed by atoms with van der Waals surface area (Å²) in [7, 11) is 1.85. The normalized spacial score (nSPS) is 17.7. The molecule has 2 N–H and O–H groups in total. The molecule has 0 bridgehead atoms. The molecule has 3 rings (SSSR count). The van der Waals surface area contributed by atoms with Crippen molar-refractivity contribution < 1.29 is 0 Å². The van der Waals surface area contributed by atoms with Gasteiger partial charge in [-0.15, -0.1) is 34.2 Å². The first kappa shape index (κ1) is 23.4. The summed E-state index contributed by atoms with van der Waals surface area (Å²) in [6.07, 6.45) is 16.8. The zero-order chi connectivity index (χ0) is 18.7. The Labute approximate surface area is 187 Å². The van der Waals surface area contributed by atoms with Gasteiger partial charge in [-0.05, 0) is 31.6 Å². The van der Waals surface area contributed by atoms with Gasteiger partial charge in [0.15, 0.2) is 5.96 Å². The monoisotopic (exact) mass is 502 g/mol. The van der Waals surface area contributed by atoms with Crippen molar-refractivity contribution >= 4 is 29.9 Å². The summed E-state index contributed by atoms with van der Waals surface area (Å²) in [5.74, 6) is 4.28. The number of unbranched alkanes of at least 4 members (excludes halogenated alkanes) is 1. The van der Waals surface area contributed by atoms with Gasteiger partial charge in [-0.3, -0.25) is 4.99 Å². The van der Waals surface area contributed by atoms with Crippen LogP contribution < -0.4 is 10.6 Å². The van der Waals surface area contributed by atoms with E-state index in [1.165, 1.54) is 70.0 Å². The SMILES string of the molecule is CN=C(NCCCCC1CCCC1)NCCCc1nnc2n1CCCCC2.I. The molecule has 0 unspecified atom stereocenters. The number of nitrogens with one attached hydrogen (secondary N) is 2. The van der Waals surface area contributed by atoms with Crippen LogP contribution in [0.2, 0.25) is 0 Å². The van der Waals surface area contributed by atoms with Crippen LogP contribution in [0.3, 0.4) is 0 Å². The third-order valence-electron chi connectivity index (χ3n) is 6.09. The maximum absolute atomic E-state index is 4.42. The molecule has 6 nitrogen and oxygen atoms in total. The van der Waals surface area contributed by atoms with Gasteiger partial charge < -0.3 is 15.2 Å². The number of hydrogen-bond acceptors (Lipinski definition) is 3. The molecule has 7 heteroatoms. The fourth-order valence-corrected chi connectivity index (χ4v) is 4.47. The minimum Gasteiger partial charge on any atom is -0.356 e. The predicted octanol–water partition coefficient (Wildman–Crippen LogP) is 4.08. The Morgan fingerprint density at radius 3 is 2.57 bits per heavy atom. The van der Waals surface area contributed by atoms with E-state index in [-0.39, 0.29) is 24.0 Å². The van der Waals surface area contributed by atoms with Gasteiger partial charge in [0.05, 0.1) is 0 Å². The molecule has 28 heavy (non-hydrogen) atoms. The van der Waals surface area contributed by atoms with E-state index in [2.05, 4.69) is 30.4 Å². The summed E-state index contributed by atoms with van der Waals surface area (Å²) >= 11 is 0. The second kappa shape index (κ2) is 13.4. The lowest BCUT2D eigenvalue weighted by Crippen LogP contribution is -2.38. The largest absolute Gasteiger partial charge is 0.356 e. The lowest BCUT2D eigenvalue weighted by Gasteiger charge is -2.13. The second-order valence-electron chi connectivity index (χ2n) is 8.17. The maximum atomic E-state index is 4.42. The molecule has 1 aromatic heterocycles. The van der Waals surface area contributed by atoms with E-state index in [9.17, 15) is 0 Å². The van der Waals surface area contributed by atoms with E-state index in [4.69, 9.17) is 0 Å². The van der Waals surface area contributed by atoms with Crippen molar-refractivity contribution in [1.82, 2.24) is 25.4 Å². The number of fused-ring (bicyclic) bond motifs is 1. The topological polar surface area (TPSA) is 67.1 Å². The van der Waals surface area contributed by atoms with Crippen LogP contribution in [0, 0.1) is 5.92 Å². The van der Waals surface area contributed by atoms with Gasteiger partial charge in [0.2, 0.25) is 0 Å². The number of halogens is 1. The van der Waals surface area contributed by atoms with E-state index in [0.717, 1.165) is 56.6 Å². The first-order chi connectivity index (χ1) is 13.4. The van der Waals surface area contributed by atoms with Crippen LogP contribution in [-0.2, 0) is 19.4 Å². The summed E-state index contributed by atoms with van der Waals surface area (Å²) in [5, 5.41) is 15.7. The minimum atomic E-state index is 0. The predicted molar refractivity (Wildman–Crippen MR) is 126 cm³/mol. The summed E-state index contributed by atoms with van der Waals surface area (Å²) in [6, 6.07) is 0. The number of aromatic nitrogens is 3. The highest BCUT2D eigenvalue weighted by atomic mass is 127. The van der Waals surface area contributed by atoms with Crippen molar-refractivity contribution in [3.05, 3.63) is 11.6 Å². The highest BCUT2D eigenvalue weighted by molar-refractivity contribution is 14.0. The van der Waals surface area contributed by atoms with Crippen LogP contribution in [0.15, 0.2) is 4.99 Å². The molecule has 1 aliphatic heterocycles. The highest BCUT2D eigenvalue weighted by Crippen LogP contribution is 2.28. The van der Waals surface area contributed by atoms with E-state index in [1.807, 2.05) is 7.05 Å². The highest BCUT2D eigenvalue weighted by Gasteiger charge is 2.15. The number of aryl methyl sites for hydroxylation is 2. The van der Waals surface area contributed by atoms with Crippen LogP contribution >= 0.6 is 24.0 Å². The molecule has 0 spiro atoms. The summed E-state index contributed by atoms with van der Waals surface area (Å²) in [6.45, 7) is 3.03. The van der Waals surface area contributed by atoms with E-state index >= 15 is 0 Å². The van der Waals surface area contributed by atoms with Crippen LogP contribution in [0.4, 0.5) is 0 Å². The van der Waals surface area contributed by atoms with Crippen molar-refractivity contribution in [3.8, 4) is 0 Å². The van der Waals surface area contributed by atoms with Gasteiger partial charge in [-0.2, -0.15) is 0 Å². The number of hydrogen-bond donors (Lipinski definition) is 2. The smallest absolute Gasteiger partial charge is 0.190 e. The van der Waals surface area contributed by atoms with Gasteiger partial charge in [-0.25, -0.2) is 0 Å². The van der Waals surface area contributed by atoms with Gasteiger partial charge in [0.1, 0.15) is 11.6 Å². The van der Waals surface area contributed by atoms with E-state index < -0.39 is 0 Å². The molecule has 160 valence electrons. The Morgan fingerprint density at radius 2 is 1.79 bits per heavy atom. The maximum Gasteiger partial charge on any atom is 0.190 e. The lowest BCUT2D eigenvalue weighted by atomic mass is 10.0. The molecule has 2 heterocycles. The van der Waals surface area contributed by atoms with Crippen molar-refractivity contribution in [2.24, 2.45) is 10.9 Å². The Hall–Kier alpha value is -0.860. The summed E-state index contributed by atoms with van der Waals surface area (Å²) in [4.78, 5) is 4.34. The Morgan fingerprint density at radius 1 is 1.00 bits per heavy atom. The molecule has 1 aromatic rings. The molecular weight excluding hydrogens is 463 g/mol. The molecule has 2 aliphatic rings. The quantitative estimate of drug-likeness (QED) is 0.231. The zero-order valence-corrected chi connectivity index (χ0v) is 19.9. The van der Waals surface area contributed by atoms with Crippen molar-refractivity contribution in [3.63, 3.8) is 0 Å². The van der Waals surface area contributed by atoms with Crippen molar-refractivity contribution in [1.29, 1.82) is 0 Å². The summed E-state index contributed by atoms with van der Waals surface area (Å²) < 4.78 is 2.35. The van der Waals surface area contributed by atoms with Crippen LogP contribution in [0.1, 0.15) is 82.3 Å². The number of nitrogens with zero attached hydrogens (tertiary/aromatic N) is 4. The number of aliphatic imine (C=N–C) groups is 1. The molecular formula is C21H39IN6. The lowest BCUT2D eigenvalue weighted by molar-refractivity contribution is 0.472. The minimum absolute atomic E-state index is 0. The van der Waals surface area contributed by atoms with Gasteiger partial charge >= 0.3 is 0 Å². The molecule has 1 aliphatic carbocycles. The number of guanidine groups is 1. The third kappa shape index (κ3) is 7.52. The van der Waals surface area contributed by atoms with E-state index in [1.54, 1.807) is 0 Å². The molecule has 0 aromatic carbocycles. The Balaban J connectivity index is 0.00000280. The Bertz CT molecular complexity index is 579. The van der Waals surface area contributed by atoms with Crippen molar-refractivity contribution in [2.75, 3.05) is 20.1 Å². The zero-order valence-electron chi connectivity index (χ0n) is 17.6. The van der Waals surface area contributed by atoms with Gasteiger partial charge in [0.25, 0.3) is 0 Å². The fraction of sp³-hybridized carbons (Fsp3) is 0.857. The summed E-state index contributed by atoms with van der Waals surface area (Å²) in [5.41, 5.74) is 0. The first-order valence-electron chi connectivity index (χ1n) is 11.2. The average molecular weight is 502 g/mol.